The van der Waals surface area contributed by atoms with Crippen LogP contribution < -0.4 is 5.73 Å². The van der Waals surface area contributed by atoms with Crippen LogP contribution in [-0.4, -0.2) is 4.57 Å². The molecule has 2 heteroatoms. The van der Waals surface area contributed by atoms with Gasteiger partial charge >= 0.3 is 0 Å². The Bertz CT molecular complexity index is 523. The Hall–Kier alpha value is -1.54. The minimum atomic E-state index is 0.0450. The van der Waals surface area contributed by atoms with Gasteiger partial charge in [0.15, 0.2) is 0 Å². The van der Waals surface area contributed by atoms with Gasteiger partial charge in [0.25, 0.3) is 0 Å². The van der Waals surface area contributed by atoms with Gasteiger partial charge in [-0.3, -0.25) is 0 Å². The lowest BCUT2D eigenvalue weighted by Crippen LogP contribution is -2.09. The summed E-state index contributed by atoms with van der Waals surface area (Å²) >= 11 is 0. The third-order valence-electron chi connectivity index (χ3n) is 2.90. The number of aromatic nitrogens is 1. The van der Waals surface area contributed by atoms with Crippen LogP contribution >= 0.6 is 0 Å². The van der Waals surface area contributed by atoms with Crippen molar-refractivity contribution in [3.63, 3.8) is 0 Å². The van der Waals surface area contributed by atoms with E-state index in [1.807, 2.05) is 6.92 Å². The lowest BCUT2D eigenvalue weighted by atomic mass is 10.0. The molecule has 0 fully saturated rings. The van der Waals surface area contributed by atoms with Crippen molar-refractivity contribution in [2.45, 2.75) is 19.4 Å². The predicted octanol–water partition coefficient (Wildman–Crippen LogP) is 3.14. The van der Waals surface area contributed by atoms with E-state index < -0.39 is 0 Å². The molecule has 1 aromatic heterocycles. The van der Waals surface area contributed by atoms with Gasteiger partial charge in [-0.05, 0) is 25.0 Å². The number of nitrogens with zero attached hydrogens (tertiary/aromatic N) is 1. The average molecular weight is 214 g/mol. The maximum atomic E-state index is 6.20. The highest BCUT2D eigenvalue weighted by molar-refractivity contribution is 5.84. The summed E-state index contributed by atoms with van der Waals surface area (Å²) in [4.78, 5) is 0. The van der Waals surface area contributed by atoms with E-state index >= 15 is 0 Å². The molecule has 2 aromatic rings. The van der Waals surface area contributed by atoms with Gasteiger partial charge in [-0.15, -0.1) is 6.58 Å². The molecule has 0 spiro atoms. The standard InChI is InChI=1S/C14H18N2/c1-10(2)8-13(15)12-9-16(3)14-7-5-4-6-11(12)14/h4-7,9,13H,1,8,15H2,2-3H3/t13-/m0/s1. The smallest absolute Gasteiger partial charge is 0.0481 e. The zero-order chi connectivity index (χ0) is 11.7. The molecular weight excluding hydrogens is 196 g/mol. The van der Waals surface area contributed by atoms with Crippen molar-refractivity contribution in [1.29, 1.82) is 0 Å². The predicted molar refractivity (Wildman–Crippen MR) is 69.3 cm³/mol. The van der Waals surface area contributed by atoms with Crippen LogP contribution in [0.4, 0.5) is 0 Å². The second-order valence-electron chi connectivity index (χ2n) is 4.48. The first-order valence-electron chi connectivity index (χ1n) is 5.53. The van der Waals surface area contributed by atoms with Crippen molar-refractivity contribution in [1.82, 2.24) is 4.57 Å². The normalized spacial score (nSPS) is 12.9. The molecule has 0 bridgehead atoms. The first kappa shape index (κ1) is 11.0. The van der Waals surface area contributed by atoms with Gasteiger partial charge in [0.1, 0.15) is 0 Å². The second kappa shape index (κ2) is 4.14. The zero-order valence-corrected chi connectivity index (χ0v) is 9.90. The van der Waals surface area contributed by atoms with Gasteiger partial charge < -0.3 is 10.3 Å². The van der Waals surface area contributed by atoms with Gasteiger partial charge in [-0.1, -0.05) is 23.8 Å². The molecule has 0 aliphatic heterocycles. The van der Waals surface area contributed by atoms with Crippen molar-refractivity contribution in [3.8, 4) is 0 Å². The fourth-order valence-corrected chi connectivity index (χ4v) is 2.15. The Kier molecular flexibility index (Phi) is 2.84. The Morgan fingerprint density at radius 1 is 1.44 bits per heavy atom. The molecule has 2 rings (SSSR count). The summed E-state index contributed by atoms with van der Waals surface area (Å²) in [5, 5.41) is 1.25. The molecule has 1 heterocycles. The van der Waals surface area contributed by atoms with Crippen LogP contribution in [-0.2, 0) is 7.05 Å². The number of aryl methyl sites for hydroxylation is 1. The Balaban J connectivity index is 2.48. The monoisotopic (exact) mass is 214 g/mol. The van der Waals surface area contributed by atoms with E-state index in [0.717, 1.165) is 12.0 Å². The molecule has 1 aromatic carbocycles. The minimum absolute atomic E-state index is 0.0450. The fraction of sp³-hybridized carbons (Fsp3) is 0.286. The quantitative estimate of drug-likeness (QED) is 0.782. The van der Waals surface area contributed by atoms with Crippen molar-refractivity contribution in [2.24, 2.45) is 12.8 Å². The maximum absolute atomic E-state index is 6.20. The highest BCUT2D eigenvalue weighted by Gasteiger charge is 2.12. The van der Waals surface area contributed by atoms with E-state index in [2.05, 4.69) is 48.7 Å². The van der Waals surface area contributed by atoms with E-state index in [4.69, 9.17) is 5.73 Å². The average Bonchev–Trinajstić information content (AvgIpc) is 2.56. The summed E-state index contributed by atoms with van der Waals surface area (Å²) in [7, 11) is 2.05. The van der Waals surface area contributed by atoms with Gasteiger partial charge in [-0.25, -0.2) is 0 Å². The van der Waals surface area contributed by atoms with Gasteiger partial charge in [-0.2, -0.15) is 0 Å². The van der Waals surface area contributed by atoms with Gasteiger partial charge in [0, 0.05) is 30.2 Å². The van der Waals surface area contributed by atoms with Crippen LogP contribution in [0, 0.1) is 0 Å². The van der Waals surface area contributed by atoms with Crippen LogP contribution in [0.3, 0.4) is 0 Å². The lowest BCUT2D eigenvalue weighted by Gasteiger charge is -2.10. The first-order chi connectivity index (χ1) is 7.59. The van der Waals surface area contributed by atoms with Crippen molar-refractivity contribution in [3.05, 3.63) is 48.2 Å². The number of benzene rings is 1. The van der Waals surface area contributed by atoms with Crippen LogP contribution in [0.1, 0.15) is 24.9 Å². The highest BCUT2D eigenvalue weighted by atomic mass is 14.9. The van der Waals surface area contributed by atoms with Crippen LogP contribution in [0.2, 0.25) is 0 Å². The third kappa shape index (κ3) is 1.89. The summed E-state index contributed by atoms with van der Waals surface area (Å²) in [6.45, 7) is 5.94. The van der Waals surface area contributed by atoms with Crippen LogP contribution in [0.25, 0.3) is 10.9 Å². The number of para-hydroxylation sites is 1. The summed E-state index contributed by atoms with van der Waals surface area (Å²) in [6.07, 6.45) is 2.96. The molecular formula is C14H18N2. The van der Waals surface area contributed by atoms with Gasteiger partial charge in [0.05, 0.1) is 0 Å². The topological polar surface area (TPSA) is 30.9 Å². The number of rotatable bonds is 3. The number of nitrogens with two attached hydrogens (primary N) is 1. The Morgan fingerprint density at radius 2 is 2.12 bits per heavy atom. The van der Waals surface area contributed by atoms with Crippen molar-refractivity contribution < 1.29 is 0 Å². The molecule has 2 nitrogen and oxygen atoms in total. The second-order valence-corrected chi connectivity index (χ2v) is 4.48. The van der Waals surface area contributed by atoms with Crippen molar-refractivity contribution in [2.75, 3.05) is 0 Å². The van der Waals surface area contributed by atoms with E-state index in [-0.39, 0.29) is 6.04 Å². The maximum Gasteiger partial charge on any atom is 0.0481 e. The first-order valence-corrected chi connectivity index (χ1v) is 5.53. The molecule has 0 unspecified atom stereocenters. The molecule has 0 aliphatic rings. The minimum Gasteiger partial charge on any atom is -0.350 e. The van der Waals surface area contributed by atoms with E-state index in [0.29, 0.717) is 0 Å². The molecule has 1 atom stereocenters. The SMILES string of the molecule is C=C(C)C[C@H](N)c1cn(C)c2ccccc12. The summed E-state index contributed by atoms with van der Waals surface area (Å²) in [5.74, 6) is 0. The highest BCUT2D eigenvalue weighted by Crippen LogP contribution is 2.27. The summed E-state index contributed by atoms with van der Waals surface area (Å²) < 4.78 is 2.13. The largest absolute Gasteiger partial charge is 0.350 e. The fourth-order valence-electron chi connectivity index (χ4n) is 2.15. The summed E-state index contributed by atoms with van der Waals surface area (Å²) in [6, 6.07) is 8.40. The number of hydrogen-bond donors (Lipinski definition) is 1. The lowest BCUT2D eigenvalue weighted by molar-refractivity contribution is 0.718. The third-order valence-corrected chi connectivity index (χ3v) is 2.90. The molecule has 16 heavy (non-hydrogen) atoms. The molecule has 0 amide bonds. The molecule has 0 saturated heterocycles. The van der Waals surface area contributed by atoms with E-state index in [9.17, 15) is 0 Å². The van der Waals surface area contributed by atoms with Crippen molar-refractivity contribution >= 4 is 10.9 Å². The number of fused-ring (bicyclic) bond motifs is 1. The van der Waals surface area contributed by atoms with E-state index in [1.54, 1.807) is 0 Å². The zero-order valence-electron chi connectivity index (χ0n) is 9.90. The van der Waals surface area contributed by atoms with E-state index in [1.165, 1.54) is 16.5 Å². The molecule has 0 radical (unpaired) electrons. The molecule has 0 aliphatic carbocycles. The Labute approximate surface area is 96.4 Å². The molecule has 0 saturated carbocycles. The number of hydrogen-bond acceptors (Lipinski definition) is 1. The van der Waals surface area contributed by atoms with Gasteiger partial charge in [0.2, 0.25) is 0 Å². The van der Waals surface area contributed by atoms with Crippen LogP contribution in [0.5, 0.6) is 0 Å². The molecule has 84 valence electrons. The molecule has 2 N–H and O–H groups in total. The van der Waals surface area contributed by atoms with Crippen LogP contribution in [0.15, 0.2) is 42.6 Å². The Morgan fingerprint density at radius 3 is 2.81 bits per heavy atom. The summed E-state index contributed by atoms with van der Waals surface area (Å²) in [5.41, 5.74) is 9.77.